The minimum absolute atomic E-state index is 0.705. The molecule has 3 rings (SSSR count). The van der Waals surface area contributed by atoms with E-state index in [0.717, 1.165) is 23.7 Å². The smallest absolute Gasteiger partial charge is 0.0721 e. The monoisotopic (exact) mass is 352 g/mol. The highest BCUT2D eigenvalue weighted by Gasteiger charge is 2.30. The summed E-state index contributed by atoms with van der Waals surface area (Å²) in [6.45, 7) is 7.43. The Morgan fingerprint density at radius 3 is 2.12 bits per heavy atom. The van der Waals surface area contributed by atoms with Crippen LogP contribution in [0.25, 0.3) is 0 Å². The third-order valence-corrected chi connectivity index (χ3v) is 6.76. The van der Waals surface area contributed by atoms with Gasteiger partial charge >= 0.3 is 0 Å². The quantitative estimate of drug-likeness (QED) is 0.377. The van der Waals surface area contributed by atoms with E-state index in [4.69, 9.17) is 4.74 Å². The molecule has 0 unspecified atom stereocenters. The van der Waals surface area contributed by atoms with Gasteiger partial charge in [-0.05, 0) is 93.1 Å². The van der Waals surface area contributed by atoms with Crippen molar-refractivity contribution in [3.63, 3.8) is 0 Å². The van der Waals surface area contributed by atoms with Crippen molar-refractivity contribution in [2.45, 2.75) is 70.8 Å². The minimum Gasteiger partial charge on any atom is -0.373 e. The Hall–Kier alpha value is -1.34. The van der Waals surface area contributed by atoms with Crippen LogP contribution in [0, 0.1) is 17.8 Å². The van der Waals surface area contributed by atoms with Crippen molar-refractivity contribution in [2.75, 3.05) is 6.61 Å². The molecule has 0 aromatic heterocycles. The molecule has 1 heteroatoms. The number of hydrogen-bond donors (Lipinski definition) is 0. The zero-order chi connectivity index (χ0) is 18.2. The molecule has 0 saturated heterocycles. The molecule has 142 valence electrons. The van der Waals surface area contributed by atoms with Crippen molar-refractivity contribution >= 4 is 0 Å². The summed E-state index contributed by atoms with van der Waals surface area (Å²) in [7, 11) is 0. The number of ether oxygens (including phenoxy) is 1. The van der Waals surface area contributed by atoms with Gasteiger partial charge in [0.15, 0.2) is 0 Å². The van der Waals surface area contributed by atoms with Gasteiger partial charge in [0.05, 0.1) is 13.2 Å². The van der Waals surface area contributed by atoms with E-state index in [0.29, 0.717) is 13.2 Å². The molecule has 0 spiro atoms. The molecule has 2 fully saturated rings. The SMILES string of the molecule is C=C[C@H]1CC[C@H](C2CCC(c3ccc(COC/C=C/C)cc3)CC2)CC1. The maximum atomic E-state index is 5.65. The van der Waals surface area contributed by atoms with Crippen LogP contribution in [0.4, 0.5) is 0 Å². The molecule has 1 aromatic carbocycles. The molecule has 1 nitrogen and oxygen atoms in total. The Morgan fingerprint density at radius 2 is 1.54 bits per heavy atom. The summed E-state index contributed by atoms with van der Waals surface area (Å²) >= 11 is 0. The maximum absolute atomic E-state index is 5.65. The van der Waals surface area contributed by atoms with Gasteiger partial charge in [0.2, 0.25) is 0 Å². The number of benzene rings is 1. The average molecular weight is 353 g/mol. The van der Waals surface area contributed by atoms with E-state index in [-0.39, 0.29) is 0 Å². The van der Waals surface area contributed by atoms with Crippen LogP contribution in [-0.2, 0) is 11.3 Å². The second-order valence-electron chi connectivity index (χ2n) is 8.35. The summed E-state index contributed by atoms with van der Waals surface area (Å²) in [4.78, 5) is 0. The summed E-state index contributed by atoms with van der Waals surface area (Å²) in [5.74, 6) is 3.54. The van der Waals surface area contributed by atoms with E-state index in [1.54, 1.807) is 0 Å². The molecular formula is C25H36O. The molecule has 0 amide bonds. The van der Waals surface area contributed by atoms with Gasteiger partial charge in [-0.2, -0.15) is 0 Å². The summed E-state index contributed by atoms with van der Waals surface area (Å²) in [6, 6.07) is 9.20. The van der Waals surface area contributed by atoms with E-state index >= 15 is 0 Å². The topological polar surface area (TPSA) is 9.23 Å². The molecule has 0 heterocycles. The number of hydrogen-bond acceptors (Lipinski definition) is 1. The molecule has 0 N–H and O–H groups in total. The first kappa shape index (κ1) is 19.4. The first-order valence-electron chi connectivity index (χ1n) is 10.7. The van der Waals surface area contributed by atoms with Crippen molar-refractivity contribution in [2.24, 2.45) is 17.8 Å². The Labute approximate surface area is 160 Å². The second kappa shape index (κ2) is 10.1. The highest BCUT2D eigenvalue weighted by Crippen LogP contribution is 2.44. The molecule has 0 aliphatic heterocycles. The van der Waals surface area contributed by atoms with Crippen molar-refractivity contribution in [1.82, 2.24) is 0 Å². The van der Waals surface area contributed by atoms with Crippen LogP contribution in [-0.4, -0.2) is 6.61 Å². The fourth-order valence-corrected chi connectivity index (χ4v) is 5.00. The van der Waals surface area contributed by atoms with Crippen molar-refractivity contribution in [1.29, 1.82) is 0 Å². The highest BCUT2D eigenvalue weighted by atomic mass is 16.5. The normalized spacial score (nSPS) is 29.7. The van der Waals surface area contributed by atoms with Gasteiger partial charge in [-0.15, -0.1) is 6.58 Å². The molecule has 2 aliphatic carbocycles. The number of allylic oxidation sites excluding steroid dienone is 2. The van der Waals surface area contributed by atoms with Gasteiger partial charge in [0.1, 0.15) is 0 Å². The standard InChI is InChI=1S/C25H36O/c1-3-5-18-26-19-21-8-12-23(13-9-21)25-16-14-24(15-17-25)22-10-6-20(4-2)7-11-22/h3-5,8-9,12-13,20,22,24-25H,2,6-7,10-11,14-19H2,1H3/b5-3+/t20-,22-,24?,25?. The molecule has 0 atom stereocenters. The zero-order valence-electron chi connectivity index (χ0n) is 16.5. The van der Waals surface area contributed by atoms with Crippen LogP contribution < -0.4 is 0 Å². The lowest BCUT2D eigenvalue weighted by atomic mass is 9.68. The second-order valence-corrected chi connectivity index (χ2v) is 8.35. The van der Waals surface area contributed by atoms with Crippen LogP contribution in [0.1, 0.15) is 75.3 Å². The largest absolute Gasteiger partial charge is 0.373 e. The van der Waals surface area contributed by atoms with E-state index in [1.807, 2.05) is 13.0 Å². The van der Waals surface area contributed by atoms with Gasteiger partial charge in [-0.3, -0.25) is 0 Å². The third-order valence-electron chi connectivity index (χ3n) is 6.76. The predicted molar refractivity (Wildman–Crippen MR) is 111 cm³/mol. The van der Waals surface area contributed by atoms with Crippen LogP contribution in [0.2, 0.25) is 0 Å². The Kier molecular flexibility index (Phi) is 7.55. The predicted octanol–water partition coefficient (Wildman–Crippen LogP) is 7.05. The van der Waals surface area contributed by atoms with Crippen molar-refractivity contribution < 1.29 is 4.74 Å². The molecule has 2 saturated carbocycles. The van der Waals surface area contributed by atoms with E-state index < -0.39 is 0 Å². The molecular weight excluding hydrogens is 316 g/mol. The fraction of sp³-hybridized carbons (Fsp3) is 0.600. The van der Waals surface area contributed by atoms with Crippen molar-refractivity contribution in [3.05, 3.63) is 60.2 Å². The Morgan fingerprint density at radius 1 is 0.923 bits per heavy atom. The molecule has 1 aromatic rings. The molecule has 0 bridgehead atoms. The van der Waals surface area contributed by atoms with Gasteiger partial charge in [0, 0.05) is 0 Å². The maximum Gasteiger partial charge on any atom is 0.0721 e. The van der Waals surface area contributed by atoms with Gasteiger partial charge in [-0.1, -0.05) is 42.5 Å². The first-order chi connectivity index (χ1) is 12.8. The van der Waals surface area contributed by atoms with E-state index in [2.05, 4.69) is 43.0 Å². The van der Waals surface area contributed by atoms with Crippen molar-refractivity contribution in [3.8, 4) is 0 Å². The van der Waals surface area contributed by atoms with Gasteiger partial charge in [0.25, 0.3) is 0 Å². The Bertz CT molecular complexity index is 554. The summed E-state index contributed by atoms with van der Waals surface area (Å²) < 4.78 is 5.65. The lowest BCUT2D eigenvalue weighted by Gasteiger charge is -2.37. The summed E-state index contributed by atoms with van der Waals surface area (Å²) in [5, 5.41) is 0. The van der Waals surface area contributed by atoms with E-state index in [1.165, 1.54) is 62.5 Å². The summed E-state index contributed by atoms with van der Waals surface area (Å²) in [5.41, 5.74) is 2.82. The molecule has 26 heavy (non-hydrogen) atoms. The van der Waals surface area contributed by atoms with Crippen LogP contribution in [0.3, 0.4) is 0 Å². The lowest BCUT2D eigenvalue weighted by Crippen LogP contribution is -2.25. The minimum atomic E-state index is 0.705. The molecule has 2 aliphatic rings. The first-order valence-corrected chi connectivity index (χ1v) is 10.7. The third kappa shape index (κ3) is 5.33. The average Bonchev–Trinajstić information content (AvgIpc) is 2.72. The van der Waals surface area contributed by atoms with Crippen LogP contribution >= 0.6 is 0 Å². The molecule has 0 radical (unpaired) electrons. The summed E-state index contributed by atoms with van der Waals surface area (Å²) in [6.07, 6.45) is 17.5. The van der Waals surface area contributed by atoms with Gasteiger partial charge in [-0.25, -0.2) is 0 Å². The Balaban J connectivity index is 1.43. The fourth-order valence-electron chi connectivity index (χ4n) is 5.00. The van der Waals surface area contributed by atoms with Crippen LogP contribution in [0.15, 0.2) is 49.1 Å². The van der Waals surface area contributed by atoms with Gasteiger partial charge < -0.3 is 4.74 Å². The zero-order valence-corrected chi connectivity index (χ0v) is 16.5. The lowest BCUT2D eigenvalue weighted by molar-refractivity contribution is 0.148. The van der Waals surface area contributed by atoms with Crippen LogP contribution in [0.5, 0.6) is 0 Å². The number of rotatable bonds is 7. The van der Waals surface area contributed by atoms with E-state index in [9.17, 15) is 0 Å². The highest BCUT2D eigenvalue weighted by molar-refractivity contribution is 5.25.